The molecule has 0 fully saturated rings. The largest absolute Gasteiger partial charge is 0.493 e. The molecule has 1 aromatic rings. The number of methoxy groups -OCH3 is 1. The molecule has 0 heterocycles. The second kappa shape index (κ2) is 7.44. The quantitative estimate of drug-likeness (QED) is 0.461. The number of ether oxygens (including phenoxy) is 3. The zero-order valence-corrected chi connectivity index (χ0v) is 12.0. The summed E-state index contributed by atoms with van der Waals surface area (Å²) in [5.41, 5.74) is -0.223. The van der Waals surface area contributed by atoms with E-state index in [1.807, 2.05) is 0 Å². The van der Waals surface area contributed by atoms with E-state index in [-0.39, 0.29) is 28.9 Å². The van der Waals surface area contributed by atoms with Crippen molar-refractivity contribution in [2.24, 2.45) is 0 Å². The van der Waals surface area contributed by atoms with Crippen LogP contribution >= 0.6 is 0 Å². The molecule has 0 amide bonds. The van der Waals surface area contributed by atoms with Gasteiger partial charge in [-0.25, -0.2) is 4.79 Å². The van der Waals surface area contributed by atoms with Gasteiger partial charge in [0.15, 0.2) is 18.1 Å². The maximum absolute atomic E-state index is 11.4. The molecule has 21 heavy (non-hydrogen) atoms. The fourth-order valence-electron chi connectivity index (χ4n) is 1.59. The van der Waals surface area contributed by atoms with Crippen LogP contribution in [0.15, 0.2) is 12.1 Å². The summed E-state index contributed by atoms with van der Waals surface area (Å²) in [4.78, 5) is 21.7. The number of nitro benzene ring substituents is 1. The third-order valence-electron chi connectivity index (χ3n) is 2.44. The van der Waals surface area contributed by atoms with Gasteiger partial charge in [-0.1, -0.05) is 0 Å². The number of nitrogens with zero attached hydrogens (tertiary/aromatic N) is 1. The van der Waals surface area contributed by atoms with Crippen molar-refractivity contribution < 1.29 is 29.0 Å². The number of carbonyl (C=O) groups is 1. The van der Waals surface area contributed by atoms with Crippen LogP contribution in [0, 0.1) is 10.1 Å². The van der Waals surface area contributed by atoms with E-state index < -0.39 is 24.1 Å². The minimum atomic E-state index is -0.649. The lowest BCUT2D eigenvalue weighted by atomic mass is 10.1. The summed E-state index contributed by atoms with van der Waals surface area (Å²) in [6, 6.07) is 2.40. The summed E-state index contributed by atoms with van der Waals surface area (Å²) in [7, 11) is 1.35. The highest BCUT2D eigenvalue weighted by molar-refractivity contribution is 5.71. The minimum absolute atomic E-state index is 0.0297. The second-order valence-corrected chi connectivity index (χ2v) is 4.37. The van der Waals surface area contributed by atoms with E-state index in [2.05, 4.69) is 0 Å². The summed E-state index contributed by atoms with van der Waals surface area (Å²) in [6.45, 7) is 2.48. The third-order valence-corrected chi connectivity index (χ3v) is 2.44. The van der Waals surface area contributed by atoms with Gasteiger partial charge in [0.1, 0.15) is 0 Å². The number of hydrogen-bond acceptors (Lipinski definition) is 7. The van der Waals surface area contributed by atoms with Gasteiger partial charge in [0.2, 0.25) is 0 Å². The van der Waals surface area contributed by atoms with E-state index in [4.69, 9.17) is 19.3 Å². The highest BCUT2D eigenvalue weighted by atomic mass is 16.6. The Morgan fingerprint density at radius 1 is 1.38 bits per heavy atom. The van der Waals surface area contributed by atoms with Crippen molar-refractivity contribution in [2.75, 3.05) is 13.7 Å². The van der Waals surface area contributed by atoms with E-state index in [1.54, 1.807) is 13.8 Å². The van der Waals surface area contributed by atoms with Crippen LogP contribution in [0.4, 0.5) is 5.69 Å². The van der Waals surface area contributed by atoms with Gasteiger partial charge in [0.05, 0.1) is 36.4 Å². The second-order valence-electron chi connectivity index (χ2n) is 4.37. The predicted molar refractivity (Wildman–Crippen MR) is 72.3 cm³/mol. The standard InChI is InChI=1S/C13H17NO7/c1-8(2)21-13(16)7-20-12-5-10(14(17)18)9(6-15)4-11(12)19-3/h4-5,8,15H,6-7H2,1-3H3. The van der Waals surface area contributed by atoms with Crippen LogP contribution in [0.25, 0.3) is 0 Å². The first-order valence-electron chi connectivity index (χ1n) is 6.17. The Kier molecular flexibility index (Phi) is 5.92. The number of carbonyl (C=O) groups excluding carboxylic acids is 1. The number of aliphatic hydroxyl groups excluding tert-OH is 1. The molecular formula is C13H17NO7. The van der Waals surface area contributed by atoms with Gasteiger partial charge in [0, 0.05) is 0 Å². The molecule has 0 atom stereocenters. The van der Waals surface area contributed by atoms with Crippen molar-refractivity contribution in [1.29, 1.82) is 0 Å². The zero-order chi connectivity index (χ0) is 16.0. The summed E-state index contributed by atoms with van der Waals surface area (Å²) in [5, 5.41) is 20.0. The van der Waals surface area contributed by atoms with Gasteiger partial charge in [-0.05, 0) is 19.9 Å². The maximum atomic E-state index is 11.4. The van der Waals surface area contributed by atoms with Crippen molar-refractivity contribution >= 4 is 11.7 Å². The van der Waals surface area contributed by atoms with Crippen molar-refractivity contribution in [1.82, 2.24) is 0 Å². The van der Waals surface area contributed by atoms with Crippen LogP contribution in [0.5, 0.6) is 11.5 Å². The molecule has 0 aliphatic heterocycles. The van der Waals surface area contributed by atoms with Gasteiger partial charge < -0.3 is 19.3 Å². The normalized spacial score (nSPS) is 10.3. The van der Waals surface area contributed by atoms with Crippen molar-refractivity contribution in [2.45, 2.75) is 26.6 Å². The van der Waals surface area contributed by atoms with Gasteiger partial charge >= 0.3 is 5.97 Å². The Bertz CT molecular complexity index is 527. The molecule has 0 unspecified atom stereocenters. The van der Waals surface area contributed by atoms with Gasteiger partial charge in [-0.15, -0.1) is 0 Å². The highest BCUT2D eigenvalue weighted by Gasteiger charge is 2.20. The lowest BCUT2D eigenvalue weighted by molar-refractivity contribution is -0.385. The first kappa shape index (κ1) is 16.7. The molecule has 0 aromatic heterocycles. The maximum Gasteiger partial charge on any atom is 0.344 e. The Morgan fingerprint density at radius 2 is 2.05 bits per heavy atom. The molecule has 116 valence electrons. The summed E-state index contributed by atoms with van der Waals surface area (Å²) in [6.07, 6.45) is -0.283. The lowest BCUT2D eigenvalue weighted by Gasteiger charge is -2.12. The number of benzene rings is 1. The molecule has 0 aliphatic rings. The first-order chi connectivity index (χ1) is 9.88. The number of nitro groups is 1. The van der Waals surface area contributed by atoms with Gasteiger partial charge in [-0.3, -0.25) is 10.1 Å². The fourth-order valence-corrected chi connectivity index (χ4v) is 1.59. The highest BCUT2D eigenvalue weighted by Crippen LogP contribution is 2.34. The number of hydrogen-bond donors (Lipinski definition) is 1. The Labute approximate surface area is 121 Å². The number of esters is 1. The van der Waals surface area contributed by atoms with E-state index in [9.17, 15) is 14.9 Å². The average molecular weight is 299 g/mol. The van der Waals surface area contributed by atoms with Crippen LogP contribution in [-0.2, 0) is 16.1 Å². The number of aliphatic hydroxyl groups is 1. The van der Waals surface area contributed by atoms with Gasteiger partial charge in [-0.2, -0.15) is 0 Å². The molecule has 8 heteroatoms. The SMILES string of the molecule is COc1cc(CO)c([N+](=O)[O-])cc1OCC(=O)OC(C)C. The Morgan fingerprint density at radius 3 is 2.52 bits per heavy atom. The monoisotopic (exact) mass is 299 g/mol. The predicted octanol–water partition coefficient (Wildman–Crippen LogP) is 1.43. The van der Waals surface area contributed by atoms with E-state index in [0.29, 0.717) is 0 Å². The fraction of sp³-hybridized carbons (Fsp3) is 0.462. The topological polar surface area (TPSA) is 108 Å². The smallest absolute Gasteiger partial charge is 0.344 e. The molecule has 1 N–H and O–H groups in total. The van der Waals surface area contributed by atoms with Crippen LogP contribution in [0.2, 0.25) is 0 Å². The first-order valence-corrected chi connectivity index (χ1v) is 6.17. The molecule has 0 bridgehead atoms. The van der Waals surface area contributed by atoms with Crippen LogP contribution in [0.3, 0.4) is 0 Å². The van der Waals surface area contributed by atoms with E-state index in [1.165, 1.54) is 13.2 Å². The molecule has 0 saturated carbocycles. The molecule has 0 saturated heterocycles. The molecule has 0 radical (unpaired) electrons. The molecular weight excluding hydrogens is 282 g/mol. The average Bonchev–Trinajstić information content (AvgIpc) is 2.43. The van der Waals surface area contributed by atoms with E-state index >= 15 is 0 Å². The Hall–Kier alpha value is -2.35. The third kappa shape index (κ3) is 4.60. The number of rotatable bonds is 7. The van der Waals surface area contributed by atoms with Crippen molar-refractivity contribution in [3.63, 3.8) is 0 Å². The molecule has 1 rings (SSSR count). The van der Waals surface area contributed by atoms with Crippen LogP contribution in [-0.4, -0.2) is 35.8 Å². The summed E-state index contributed by atoms with van der Waals surface area (Å²) >= 11 is 0. The van der Waals surface area contributed by atoms with E-state index in [0.717, 1.165) is 6.07 Å². The minimum Gasteiger partial charge on any atom is -0.493 e. The zero-order valence-electron chi connectivity index (χ0n) is 12.0. The lowest BCUT2D eigenvalue weighted by Crippen LogP contribution is -2.19. The van der Waals surface area contributed by atoms with Crippen LogP contribution in [0.1, 0.15) is 19.4 Å². The van der Waals surface area contributed by atoms with Crippen molar-refractivity contribution in [3.05, 3.63) is 27.8 Å². The Balaban J connectivity index is 2.97. The molecule has 0 spiro atoms. The summed E-state index contributed by atoms with van der Waals surface area (Å²) < 4.78 is 15.1. The molecule has 1 aromatic carbocycles. The molecule has 8 nitrogen and oxygen atoms in total. The summed E-state index contributed by atoms with van der Waals surface area (Å²) in [5.74, 6) is -0.384. The molecule has 0 aliphatic carbocycles. The van der Waals surface area contributed by atoms with Crippen molar-refractivity contribution in [3.8, 4) is 11.5 Å². The van der Waals surface area contributed by atoms with Crippen LogP contribution < -0.4 is 9.47 Å². The van der Waals surface area contributed by atoms with Gasteiger partial charge in [0.25, 0.3) is 5.69 Å².